The highest BCUT2D eigenvalue weighted by atomic mass is 16.5. The maximum absolute atomic E-state index is 12.3. The van der Waals surface area contributed by atoms with Gasteiger partial charge in [-0.1, -0.05) is 35.9 Å². The average Bonchev–Trinajstić information content (AvgIpc) is 2.55. The lowest BCUT2D eigenvalue weighted by Gasteiger charge is -2.12. The Balaban J connectivity index is 2.38. The zero-order valence-corrected chi connectivity index (χ0v) is 12.8. The monoisotopic (exact) mass is 292 g/mol. The summed E-state index contributed by atoms with van der Waals surface area (Å²) in [6.07, 6.45) is 0. The predicted molar refractivity (Wildman–Crippen MR) is 85.8 cm³/mol. The van der Waals surface area contributed by atoms with Gasteiger partial charge in [0, 0.05) is 10.9 Å². The number of carbonyl (C=O) groups is 1. The summed E-state index contributed by atoms with van der Waals surface area (Å²) in [5.74, 6) is -0.401. The van der Waals surface area contributed by atoms with Crippen molar-refractivity contribution in [1.29, 1.82) is 0 Å². The molecule has 22 heavy (non-hydrogen) atoms. The van der Waals surface area contributed by atoms with Gasteiger partial charge in [-0.25, -0.2) is 4.79 Å². The topological polar surface area (TPSA) is 52.1 Å². The van der Waals surface area contributed by atoms with Crippen LogP contribution in [0.1, 0.15) is 21.5 Å². The Morgan fingerprint density at radius 1 is 1.05 bits per heavy atom. The third kappa shape index (κ3) is 2.33. The van der Waals surface area contributed by atoms with E-state index in [1.54, 1.807) is 0 Å². The van der Waals surface area contributed by atoms with Crippen molar-refractivity contribution in [3.05, 3.63) is 59.2 Å². The number of fused-ring (bicyclic) bond motifs is 1. The van der Waals surface area contributed by atoms with Crippen molar-refractivity contribution in [3.8, 4) is 11.3 Å². The molecule has 0 fully saturated rings. The molecule has 0 bridgehead atoms. The normalized spacial score (nSPS) is 10.7. The maximum Gasteiger partial charge on any atom is 0.340 e. The highest BCUT2D eigenvalue weighted by molar-refractivity contribution is 6.08. The number of carbonyl (C=O) groups excluding carboxylic acids is 1. The summed E-state index contributed by atoms with van der Waals surface area (Å²) in [5, 5.41) is 9.30. The van der Waals surface area contributed by atoms with Gasteiger partial charge in [-0.3, -0.25) is 0 Å². The van der Waals surface area contributed by atoms with Crippen molar-refractivity contribution >= 4 is 16.9 Å². The first-order valence-electron chi connectivity index (χ1n) is 7.03. The number of nitrogens with zero attached hydrogens (tertiary/aromatic N) is 2. The minimum absolute atomic E-state index is 0.401. The molecule has 2 aromatic carbocycles. The minimum atomic E-state index is -0.401. The number of esters is 1. The highest BCUT2D eigenvalue weighted by Gasteiger charge is 2.20. The molecule has 0 aliphatic rings. The summed E-state index contributed by atoms with van der Waals surface area (Å²) in [6, 6.07) is 13.5. The molecule has 0 amide bonds. The van der Waals surface area contributed by atoms with Crippen LogP contribution in [-0.2, 0) is 4.74 Å². The lowest BCUT2D eigenvalue weighted by Crippen LogP contribution is -2.08. The van der Waals surface area contributed by atoms with Gasteiger partial charge in [-0.2, -0.15) is 0 Å². The Kier molecular flexibility index (Phi) is 3.59. The summed E-state index contributed by atoms with van der Waals surface area (Å²) in [5.41, 5.74) is 4.75. The molecule has 0 N–H and O–H groups in total. The van der Waals surface area contributed by atoms with Crippen molar-refractivity contribution in [1.82, 2.24) is 10.2 Å². The van der Waals surface area contributed by atoms with Crippen molar-refractivity contribution in [2.45, 2.75) is 13.8 Å². The molecular formula is C18H16N2O2. The number of aromatic nitrogens is 2. The van der Waals surface area contributed by atoms with E-state index in [2.05, 4.69) is 10.2 Å². The van der Waals surface area contributed by atoms with E-state index in [0.29, 0.717) is 16.8 Å². The Morgan fingerprint density at radius 3 is 2.59 bits per heavy atom. The van der Waals surface area contributed by atoms with Gasteiger partial charge in [0.25, 0.3) is 0 Å². The highest BCUT2D eigenvalue weighted by Crippen LogP contribution is 2.30. The molecule has 4 nitrogen and oxygen atoms in total. The fraction of sp³-hybridized carbons (Fsp3) is 0.167. The first-order chi connectivity index (χ1) is 10.6. The SMILES string of the molecule is COC(=O)c1c(-c2cc(C)ccc2C)nnc2ccccc12. The molecule has 0 aliphatic carbocycles. The fourth-order valence-corrected chi connectivity index (χ4v) is 2.54. The number of hydrogen-bond donors (Lipinski definition) is 0. The van der Waals surface area contributed by atoms with Crippen LogP contribution in [0, 0.1) is 13.8 Å². The van der Waals surface area contributed by atoms with Gasteiger partial charge in [0.1, 0.15) is 5.69 Å². The summed E-state index contributed by atoms with van der Waals surface area (Å²) < 4.78 is 4.97. The lowest BCUT2D eigenvalue weighted by molar-refractivity contribution is 0.0603. The summed E-state index contributed by atoms with van der Waals surface area (Å²) in [7, 11) is 1.38. The standard InChI is InChI=1S/C18H16N2O2/c1-11-8-9-12(2)14(10-11)17-16(18(21)22-3)13-6-4-5-7-15(13)19-20-17/h4-10H,1-3H3. The molecule has 0 radical (unpaired) electrons. The summed E-state index contributed by atoms with van der Waals surface area (Å²) >= 11 is 0. The Hall–Kier alpha value is -2.75. The van der Waals surface area contributed by atoms with Gasteiger partial charge in [0.05, 0.1) is 18.2 Å². The number of methoxy groups -OCH3 is 1. The number of rotatable bonds is 2. The maximum atomic E-state index is 12.3. The predicted octanol–water partition coefficient (Wildman–Crippen LogP) is 3.70. The molecule has 0 atom stereocenters. The molecular weight excluding hydrogens is 276 g/mol. The lowest BCUT2D eigenvalue weighted by atomic mass is 9.97. The van der Waals surface area contributed by atoms with Crippen LogP contribution in [0.5, 0.6) is 0 Å². The zero-order valence-electron chi connectivity index (χ0n) is 12.8. The molecule has 0 unspecified atom stereocenters. The van der Waals surface area contributed by atoms with E-state index in [-0.39, 0.29) is 0 Å². The van der Waals surface area contributed by atoms with Crippen LogP contribution >= 0.6 is 0 Å². The number of hydrogen-bond acceptors (Lipinski definition) is 4. The number of aryl methyl sites for hydroxylation is 2. The minimum Gasteiger partial charge on any atom is -0.465 e. The molecule has 4 heteroatoms. The van der Waals surface area contributed by atoms with E-state index < -0.39 is 5.97 Å². The molecule has 0 saturated heterocycles. The van der Waals surface area contributed by atoms with E-state index in [1.165, 1.54) is 7.11 Å². The van der Waals surface area contributed by atoms with Crippen molar-refractivity contribution in [2.24, 2.45) is 0 Å². The van der Waals surface area contributed by atoms with Crippen LogP contribution in [0.4, 0.5) is 0 Å². The average molecular weight is 292 g/mol. The molecule has 0 saturated carbocycles. The van der Waals surface area contributed by atoms with Gasteiger partial charge in [-0.05, 0) is 31.5 Å². The van der Waals surface area contributed by atoms with Crippen LogP contribution in [0.25, 0.3) is 22.2 Å². The van der Waals surface area contributed by atoms with E-state index in [0.717, 1.165) is 22.1 Å². The van der Waals surface area contributed by atoms with Gasteiger partial charge >= 0.3 is 5.97 Å². The van der Waals surface area contributed by atoms with Crippen molar-refractivity contribution in [2.75, 3.05) is 7.11 Å². The fourth-order valence-electron chi connectivity index (χ4n) is 2.54. The van der Waals surface area contributed by atoms with E-state index in [1.807, 2.05) is 56.3 Å². The van der Waals surface area contributed by atoms with Gasteiger partial charge in [-0.15, -0.1) is 10.2 Å². The van der Waals surface area contributed by atoms with E-state index in [9.17, 15) is 4.79 Å². The first-order valence-corrected chi connectivity index (χ1v) is 7.03. The third-order valence-corrected chi connectivity index (χ3v) is 3.71. The number of ether oxygens (including phenoxy) is 1. The Bertz CT molecular complexity index is 872. The second-order valence-electron chi connectivity index (χ2n) is 5.25. The molecule has 3 aromatic rings. The van der Waals surface area contributed by atoms with E-state index >= 15 is 0 Å². The van der Waals surface area contributed by atoms with Gasteiger partial charge in [0.2, 0.25) is 0 Å². The molecule has 3 rings (SSSR count). The van der Waals surface area contributed by atoms with E-state index in [4.69, 9.17) is 4.74 Å². The second kappa shape index (κ2) is 5.56. The Labute approximate surface area is 128 Å². The molecule has 110 valence electrons. The van der Waals surface area contributed by atoms with Crippen LogP contribution in [-0.4, -0.2) is 23.3 Å². The van der Waals surface area contributed by atoms with Gasteiger partial charge < -0.3 is 4.74 Å². The van der Waals surface area contributed by atoms with Crippen LogP contribution < -0.4 is 0 Å². The summed E-state index contributed by atoms with van der Waals surface area (Å²) in [6.45, 7) is 4.00. The second-order valence-corrected chi connectivity index (χ2v) is 5.25. The third-order valence-electron chi connectivity index (χ3n) is 3.71. The molecule has 0 aliphatic heterocycles. The molecule has 1 heterocycles. The Morgan fingerprint density at radius 2 is 1.82 bits per heavy atom. The van der Waals surface area contributed by atoms with Crippen molar-refractivity contribution in [3.63, 3.8) is 0 Å². The molecule has 1 aromatic heterocycles. The quantitative estimate of drug-likeness (QED) is 0.676. The smallest absolute Gasteiger partial charge is 0.340 e. The van der Waals surface area contributed by atoms with Crippen LogP contribution in [0.3, 0.4) is 0 Å². The van der Waals surface area contributed by atoms with Crippen molar-refractivity contribution < 1.29 is 9.53 Å². The van der Waals surface area contributed by atoms with Crippen LogP contribution in [0.15, 0.2) is 42.5 Å². The molecule has 0 spiro atoms. The number of benzene rings is 2. The summed E-state index contributed by atoms with van der Waals surface area (Å²) in [4.78, 5) is 12.3. The zero-order chi connectivity index (χ0) is 15.7. The van der Waals surface area contributed by atoms with Gasteiger partial charge in [0.15, 0.2) is 0 Å². The van der Waals surface area contributed by atoms with Crippen LogP contribution in [0.2, 0.25) is 0 Å². The first kappa shape index (κ1) is 14.2. The largest absolute Gasteiger partial charge is 0.465 e.